The molecule has 1 aromatic carbocycles. The predicted octanol–water partition coefficient (Wildman–Crippen LogP) is 2.77. The number of halogens is 2. The lowest BCUT2D eigenvalue weighted by atomic mass is 10.1. The number of hydrogen-bond donors (Lipinski definition) is 1. The van der Waals surface area contributed by atoms with Crippen LogP contribution in [0, 0.1) is 0 Å². The van der Waals surface area contributed by atoms with Crippen molar-refractivity contribution >= 4 is 22.5 Å². The second kappa shape index (κ2) is 5.75. The van der Waals surface area contributed by atoms with Gasteiger partial charge in [0.1, 0.15) is 0 Å². The Hall–Kier alpha value is -2.44. The second-order valence-electron chi connectivity index (χ2n) is 5.09. The van der Waals surface area contributed by atoms with Crippen molar-refractivity contribution in [2.75, 3.05) is 25.5 Å². The van der Waals surface area contributed by atoms with Crippen LogP contribution in [-0.2, 0) is 0 Å². The summed E-state index contributed by atoms with van der Waals surface area (Å²) in [7, 11) is 1.51. The van der Waals surface area contributed by atoms with Crippen LogP contribution < -0.4 is 10.1 Å². The molecule has 1 N–H and O–H groups in total. The molecule has 0 aliphatic carbocycles. The number of methoxy groups -OCH3 is 1. The lowest BCUT2D eigenvalue weighted by molar-refractivity contribution is 0.217. The second-order valence-corrected chi connectivity index (χ2v) is 5.09. The number of anilines is 1. The Morgan fingerprint density at radius 3 is 2.68 bits per heavy atom. The molecule has 2 aromatic rings. The fraction of sp³-hybridized carbons (Fsp3) is 0.333. The van der Waals surface area contributed by atoms with Crippen LogP contribution >= 0.6 is 0 Å². The fourth-order valence-electron chi connectivity index (χ4n) is 2.54. The molecule has 116 valence electrons. The van der Waals surface area contributed by atoms with Crippen molar-refractivity contribution in [2.45, 2.75) is 12.3 Å². The Morgan fingerprint density at radius 2 is 2.00 bits per heavy atom. The lowest BCUT2D eigenvalue weighted by Gasteiger charge is -2.17. The Labute approximate surface area is 125 Å². The van der Waals surface area contributed by atoms with Crippen LogP contribution in [-0.4, -0.2) is 48.5 Å². The highest BCUT2D eigenvalue weighted by Gasteiger charge is 2.35. The largest absolute Gasteiger partial charge is 0.481 e. The molecule has 0 saturated carbocycles. The summed E-state index contributed by atoms with van der Waals surface area (Å²) in [5, 5.41) is 4.18. The van der Waals surface area contributed by atoms with Gasteiger partial charge in [-0.15, -0.1) is 0 Å². The highest BCUT2D eigenvalue weighted by Crippen LogP contribution is 2.29. The van der Waals surface area contributed by atoms with E-state index in [1.165, 1.54) is 7.11 Å². The third-order valence-electron chi connectivity index (χ3n) is 3.67. The van der Waals surface area contributed by atoms with Crippen molar-refractivity contribution in [3.63, 3.8) is 0 Å². The van der Waals surface area contributed by atoms with Crippen LogP contribution in [0.2, 0.25) is 0 Å². The molecule has 1 aromatic heterocycles. The summed E-state index contributed by atoms with van der Waals surface area (Å²) >= 11 is 0. The van der Waals surface area contributed by atoms with E-state index >= 15 is 0 Å². The van der Waals surface area contributed by atoms with Gasteiger partial charge in [0, 0.05) is 17.0 Å². The number of carbonyl (C=O) groups excluding carboxylic acids is 1. The van der Waals surface area contributed by atoms with Crippen molar-refractivity contribution in [1.29, 1.82) is 0 Å². The van der Waals surface area contributed by atoms with E-state index in [0.29, 0.717) is 11.6 Å². The molecule has 3 rings (SSSR count). The van der Waals surface area contributed by atoms with Gasteiger partial charge in [0.05, 0.1) is 25.9 Å². The van der Waals surface area contributed by atoms with Gasteiger partial charge >= 0.3 is 6.03 Å². The van der Waals surface area contributed by atoms with Crippen molar-refractivity contribution in [2.24, 2.45) is 0 Å². The van der Waals surface area contributed by atoms with E-state index < -0.39 is 18.4 Å². The van der Waals surface area contributed by atoms with E-state index in [1.54, 1.807) is 24.4 Å². The quantitative estimate of drug-likeness (QED) is 0.928. The van der Waals surface area contributed by atoms with Crippen molar-refractivity contribution in [3.05, 3.63) is 30.5 Å². The van der Waals surface area contributed by atoms with Crippen LogP contribution in [0.5, 0.6) is 5.88 Å². The maximum atomic E-state index is 13.2. The van der Waals surface area contributed by atoms with E-state index in [9.17, 15) is 13.6 Å². The average molecular weight is 307 g/mol. The van der Waals surface area contributed by atoms with E-state index in [4.69, 9.17) is 4.74 Å². The molecular weight excluding hydrogens is 292 g/mol. The minimum atomic E-state index is -1.62. The smallest absolute Gasteiger partial charge is 0.322 e. The standard InChI is InChI=1S/C15H15F2N3O2/c1-22-14-10-3-2-4-13(9(10)5-6-18-14)19-15(21)20-7-11(16)12(17)8-20/h2-6,11-12H,7-8H2,1H3,(H,19,21)/t11-,12+. The molecule has 1 saturated heterocycles. The van der Waals surface area contributed by atoms with E-state index in [1.807, 2.05) is 6.07 Å². The van der Waals surface area contributed by atoms with Crippen LogP contribution in [0.15, 0.2) is 30.5 Å². The highest BCUT2D eigenvalue weighted by molar-refractivity contribution is 6.03. The minimum Gasteiger partial charge on any atom is -0.481 e. The summed E-state index contributed by atoms with van der Waals surface area (Å²) in [4.78, 5) is 17.4. The Bertz CT molecular complexity index is 700. The number of ether oxygens (including phenoxy) is 1. The van der Waals surface area contributed by atoms with Gasteiger partial charge in [-0.2, -0.15) is 0 Å². The van der Waals surface area contributed by atoms with Gasteiger partial charge in [0.2, 0.25) is 5.88 Å². The van der Waals surface area contributed by atoms with Gasteiger partial charge in [-0.1, -0.05) is 6.07 Å². The first-order valence-corrected chi connectivity index (χ1v) is 6.86. The summed E-state index contributed by atoms with van der Waals surface area (Å²) in [6, 6.07) is 6.51. The van der Waals surface area contributed by atoms with Crippen LogP contribution in [0.25, 0.3) is 10.8 Å². The molecule has 7 heteroatoms. The topological polar surface area (TPSA) is 54.5 Å². The number of aromatic nitrogens is 1. The number of amides is 2. The maximum absolute atomic E-state index is 13.2. The zero-order valence-electron chi connectivity index (χ0n) is 11.9. The number of urea groups is 1. The summed E-state index contributed by atoms with van der Waals surface area (Å²) in [6.45, 7) is -0.467. The molecule has 2 heterocycles. The minimum absolute atomic E-state index is 0.233. The number of rotatable bonds is 2. The van der Waals surface area contributed by atoms with E-state index in [0.717, 1.165) is 15.7 Å². The van der Waals surface area contributed by atoms with Gasteiger partial charge in [-0.25, -0.2) is 18.6 Å². The number of fused-ring (bicyclic) bond motifs is 1. The van der Waals surface area contributed by atoms with E-state index in [-0.39, 0.29) is 13.1 Å². The third-order valence-corrected chi connectivity index (χ3v) is 3.67. The van der Waals surface area contributed by atoms with Gasteiger partial charge < -0.3 is 15.0 Å². The maximum Gasteiger partial charge on any atom is 0.322 e. The number of likely N-dealkylation sites (tertiary alicyclic amines) is 1. The average Bonchev–Trinajstić information content (AvgIpc) is 2.86. The number of hydrogen-bond acceptors (Lipinski definition) is 3. The Morgan fingerprint density at radius 1 is 1.27 bits per heavy atom. The summed E-state index contributed by atoms with van der Waals surface area (Å²) < 4.78 is 31.6. The number of carbonyl (C=O) groups is 1. The Kier molecular flexibility index (Phi) is 3.79. The third kappa shape index (κ3) is 2.54. The van der Waals surface area contributed by atoms with Gasteiger partial charge in [-0.05, 0) is 18.2 Å². The monoisotopic (exact) mass is 307 g/mol. The molecule has 0 unspecified atom stereocenters. The van der Waals surface area contributed by atoms with Crippen LogP contribution in [0.1, 0.15) is 0 Å². The predicted molar refractivity (Wildman–Crippen MR) is 78.7 cm³/mol. The first kappa shape index (κ1) is 14.5. The van der Waals surface area contributed by atoms with Gasteiger partial charge in [-0.3, -0.25) is 0 Å². The normalized spacial score (nSPS) is 21.1. The molecule has 0 spiro atoms. The SMILES string of the molecule is COc1nccc2c(NC(=O)N3C[C@@H](F)[C@@H](F)C3)cccc12. The summed E-state index contributed by atoms with van der Waals surface area (Å²) in [5.74, 6) is 0.447. The van der Waals surface area contributed by atoms with Crippen molar-refractivity contribution in [1.82, 2.24) is 9.88 Å². The van der Waals surface area contributed by atoms with Crippen LogP contribution in [0.4, 0.5) is 19.3 Å². The van der Waals surface area contributed by atoms with Gasteiger partial charge in [0.15, 0.2) is 12.3 Å². The molecule has 2 amide bonds. The zero-order valence-corrected chi connectivity index (χ0v) is 11.9. The molecule has 1 aliphatic heterocycles. The number of nitrogens with one attached hydrogen (secondary N) is 1. The number of nitrogens with zero attached hydrogens (tertiary/aromatic N) is 2. The molecular formula is C15H15F2N3O2. The highest BCUT2D eigenvalue weighted by atomic mass is 19.2. The molecule has 22 heavy (non-hydrogen) atoms. The number of benzene rings is 1. The fourth-order valence-corrected chi connectivity index (χ4v) is 2.54. The first-order chi connectivity index (χ1) is 10.6. The Balaban J connectivity index is 1.87. The molecule has 0 bridgehead atoms. The van der Waals surface area contributed by atoms with Gasteiger partial charge in [0.25, 0.3) is 0 Å². The van der Waals surface area contributed by atoms with E-state index in [2.05, 4.69) is 10.3 Å². The number of alkyl halides is 2. The molecule has 1 fully saturated rings. The summed E-state index contributed by atoms with van der Waals surface area (Å²) in [6.07, 6.45) is -1.67. The van der Waals surface area contributed by atoms with Crippen molar-refractivity contribution < 1.29 is 18.3 Å². The number of pyridine rings is 1. The zero-order chi connectivity index (χ0) is 15.7. The molecule has 1 aliphatic rings. The molecule has 5 nitrogen and oxygen atoms in total. The molecule has 0 radical (unpaired) electrons. The first-order valence-electron chi connectivity index (χ1n) is 6.86. The summed E-state index contributed by atoms with van der Waals surface area (Å²) in [5.41, 5.74) is 0.543. The van der Waals surface area contributed by atoms with Crippen molar-refractivity contribution in [3.8, 4) is 5.88 Å². The molecule has 2 atom stereocenters. The van der Waals surface area contributed by atoms with Crippen LogP contribution in [0.3, 0.4) is 0 Å². The lowest BCUT2D eigenvalue weighted by Crippen LogP contribution is -2.33.